The number of benzene rings is 1. The Balaban J connectivity index is 1.97. The summed E-state index contributed by atoms with van der Waals surface area (Å²) in [4.78, 5) is 15.8. The van der Waals surface area contributed by atoms with Crippen molar-refractivity contribution >= 4 is 5.78 Å². The van der Waals surface area contributed by atoms with Gasteiger partial charge in [-0.25, -0.2) is 4.98 Å². The quantitative estimate of drug-likeness (QED) is 0.789. The van der Waals surface area contributed by atoms with E-state index in [4.69, 9.17) is 0 Å². The largest absolute Gasteiger partial charge is 0.327 e. The minimum atomic E-state index is 0.292. The number of Topliss-reactive ketones (excluding diaryl/α,β-unsaturated/α-hetero) is 1. The number of nitrogens with zero attached hydrogens (tertiary/aromatic N) is 2. The summed E-state index contributed by atoms with van der Waals surface area (Å²) in [6, 6.07) is 10.4. The van der Waals surface area contributed by atoms with Crippen LogP contribution in [0.5, 0.6) is 0 Å². The predicted molar refractivity (Wildman–Crippen MR) is 65.6 cm³/mol. The van der Waals surface area contributed by atoms with E-state index in [1.807, 2.05) is 30.6 Å². The van der Waals surface area contributed by atoms with Gasteiger partial charge in [0.1, 0.15) is 11.6 Å². The summed E-state index contributed by atoms with van der Waals surface area (Å²) in [6.07, 6.45) is 6.08. The minimum Gasteiger partial charge on any atom is -0.327 e. The number of aromatic nitrogens is 2. The van der Waals surface area contributed by atoms with Crippen molar-refractivity contribution in [1.29, 1.82) is 0 Å². The van der Waals surface area contributed by atoms with Crippen molar-refractivity contribution in [1.82, 2.24) is 9.55 Å². The van der Waals surface area contributed by atoms with Crippen molar-refractivity contribution in [2.75, 3.05) is 0 Å². The van der Waals surface area contributed by atoms with Gasteiger partial charge in [-0.15, -0.1) is 0 Å². The summed E-state index contributed by atoms with van der Waals surface area (Å²) in [6.45, 7) is 0. The van der Waals surface area contributed by atoms with Gasteiger partial charge in [0.2, 0.25) is 0 Å². The van der Waals surface area contributed by atoms with Crippen molar-refractivity contribution in [3.05, 3.63) is 42.7 Å². The molecule has 1 fully saturated rings. The highest BCUT2D eigenvalue weighted by atomic mass is 16.1. The summed E-state index contributed by atoms with van der Waals surface area (Å²) < 4.78 is 2.14. The first-order valence-electron chi connectivity index (χ1n) is 5.94. The lowest BCUT2D eigenvalue weighted by molar-refractivity contribution is -0.117. The van der Waals surface area contributed by atoms with Crippen LogP contribution in [0.15, 0.2) is 42.7 Å². The third-order valence-electron chi connectivity index (χ3n) is 3.31. The lowest BCUT2D eigenvalue weighted by atomic mass is 10.2. The molecule has 0 radical (unpaired) electrons. The maximum absolute atomic E-state index is 11.4. The molecule has 3 rings (SSSR count). The molecule has 0 bridgehead atoms. The number of carbonyl (C=O) groups excluding carboxylic acids is 1. The zero-order valence-corrected chi connectivity index (χ0v) is 9.54. The second kappa shape index (κ2) is 4.17. The monoisotopic (exact) mass is 226 g/mol. The van der Waals surface area contributed by atoms with Crippen LogP contribution in [0.2, 0.25) is 0 Å². The Morgan fingerprint density at radius 2 is 2.06 bits per heavy atom. The molecule has 0 amide bonds. The van der Waals surface area contributed by atoms with E-state index in [1.54, 1.807) is 0 Å². The van der Waals surface area contributed by atoms with E-state index in [2.05, 4.69) is 21.7 Å². The lowest BCUT2D eigenvalue weighted by Gasteiger charge is -2.14. The van der Waals surface area contributed by atoms with Gasteiger partial charge in [-0.2, -0.15) is 0 Å². The number of carbonyl (C=O) groups is 1. The number of ketones is 1. The van der Waals surface area contributed by atoms with Crippen molar-refractivity contribution in [2.45, 2.75) is 25.3 Å². The SMILES string of the molecule is O=C1CCC(n2ccnc2-c2ccccc2)C1. The van der Waals surface area contributed by atoms with Gasteiger partial charge >= 0.3 is 0 Å². The van der Waals surface area contributed by atoms with Gasteiger partial charge < -0.3 is 4.57 Å². The Labute approximate surface area is 100 Å². The molecule has 3 heteroatoms. The van der Waals surface area contributed by atoms with E-state index in [0.717, 1.165) is 17.8 Å². The smallest absolute Gasteiger partial charge is 0.140 e. The third kappa shape index (κ3) is 1.88. The first kappa shape index (κ1) is 10.3. The molecule has 0 spiro atoms. The molecule has 1 unspecified atom stereocenters. The Morgan fingerprint density at radius 1 is 1.24 bits per heavy atom. The van der Waals surface area contributed by atoms with E-state index in [1.165, 1.54) is 0 Å². The van der Waals surface area contributed by atoms with E-state index >= 15 is 0 Å². The van der Waals surface area contributed by atoms with Crippen LogP contribution < -0.4 is 0 Å². The topological polar surface area (TPSA) is 34.9 Å². The average Bonchev–Trinajstić information content (AvgIpc) is 2.98. The van der Waals surface area contributed by atoms with Crippen LogP contribution in [-0.2, 0) is 4.79 Å². The van der Waals surface area contributed by atoms with Gasteiger partial charge in [0.15, 0.2) is 0 Å². The summed E-state index contributed by atoms with van der Waals surface area (Å²) in [5, 5.41) is 0. The fourth-order valence-corrected chi connectivity index (χ4v) is 2.45. The molecule has 1 aliphatic rings. The molecule has 1 saturated carbocycles. The second-order valence-corrected chi connectivity index (χ2v) is 4.46. The molecule has 0 aliphatic heterocycles. The fraction of sp³-hybridized carbons (Fsp3) is 0.286. The number of imidazole rings is 1. The summed E-state index contributed by atoms with van der Waals surface area (Å²) in [5.74, 6) is 1.33. The maximum Gasteiger partial charge on any atom is 0.140 e. The van der Waals surface area contributed by atoms with E-state index in [-0.39, 0.29) is 0 Å². The number of hydrogen-bond donors (Lipinski definition) is 0. The van der Waals surface area contributed by atoms with Gasteiger partial charge in [-0.05, 0) is 6.42 Å². The number of hydrogen-bond acceptors (Lipinski definition) is 2. The first-order valence-corrected chi connectivity index (χ1v) is 5.94. The molecule has 1 atom stereocenters. The Morgan fingerprint density at radius 3 is 2.76 bits per heavy atom. The van der Waals surface area contributed by atoms with Crippen LogP contribution in [0.25, 0.3) is 11.4 Å². The molecule has 86 valence electrons. The van der Waals surface area contributed by atoms with Crippen LogP contribution in [0.3, 0.4) is 0 Å². The molecule has 2 aromatic rings. The zero-order chi connectivity index (χ0) is 11.7. The molecular weight excluding hydrogens is 212 g/mol. The summed E-state index contributed by atoms with van der Waals surface area (Å²) >= 11 is 0. The standard InChI is InChI=1S/C14H14N2O/c17-13-7-6-12(10-13)16-9-8-15-14(16)11-4-2-1-3-5-11/h1-5,8-9,12H,6-7,10H2. The zero-order valence-electron chi connectivity index (χ0n) is 9.54. The molecule has 0 N–H and O–H groups in total. The Bertz CT molecular complexity index is 530. The van der Waals surface area contributed by atoms with Crippen LogP contribution in [-0.4, -0.2) is 15.3 Å². The highest BCUT2D eigenvalue weighted by Gasteiger charge is 2.25. The normalized spacial score (nSPS) is 19.8. The van der Waals surface area contributed by atoms with Gasteiger partial charge in [-0.3, -0.25) is 4.79 Å². The molecule has 1 aromatic carbocycles. The van der Waals surface area contributed by atoms with Crippen molar-refractivity contribution in [3.63, 3.8) is 0 Å². The second-order valence-electron chi connectivity index (χ2n) is 4.46. The molecule has 3 nitrogen and oxygen atoms in total. The number of rotatable bonds is 2. The van der Waals surface area contributed by atoms with Crippen molar-refractivity contribution in [3.8, 4) is 11.4 Å². The first-order chi connectivity index (χ1) is 8.34. The highest BCUT2D eigenvalue weighted by Crippen LogP contribution is 2.30. The van der Waals surface area contributed by atoms with Crippen molar-refractivity contribution in [2.24, 2.45) is 0 Å². The van der Waals surface area contributed by atoms with E-state index in [9.17, 15) is 4.79 Å². The van der Waals surface area contributed by atoms with Crippen molar-refractivity contribution < 1.29 is 4.79 Å². The van der Waals surface area contributed by atoms with Gasteiger partial charge in [-0.1, -0.05) is 30.3 Å². The summed E-state index contributed by atoms with van der Waals surface area (Å²) in [5.41, 5.74) is 1.11. The lowest BCUT2D eigenvalue weighted by Crippen LogP contribution is -2.06. The highest BCUT2D eigenvalue weighted by molar-refractivity contribution is 5.81. The third-order valence-corrected chi connectivity index (χ3v) is 3.31. The van der Waals surface area contributed by atoms with Gasteiger partial charge in [0.25, 0.3) is 0 Å². The van der Waals surface area contributed by atoms with Crippen LogP contribution in [0.1, 0.15) is 25.3 Å². The molecule has 0 saturated heterocycles. The molecular formula is C14H14N2O. The molecule has 1 aliphatic carbocycles. The minimum absolute atomic E-state index is 0.292. The van der Waals surface area contributed by atoms with E-state index < -0.39 is 0 Å². The van der Waals surface area contributed by atoms with Crippen LogP contribution in [0, 0.1) is 0 Å². The van der Waals surface area contributed by atoms with Crippen LogP contribution in [0.4, 0.5) is 0 Å². The predicted octanol–water partition coefficient (Wildman–Crippen LogP) is 2.84. The average molecular weight is 226 g/mol. The fourth-order valence-electron chi connectivity index (χ4n) is 2.45. The summed E-state index contributed by atoms with van der Waals surface area (Å²) in [7, 11) is 0. The van der Waals surface area contributed by atoms with E-state index in [0.29, 0.717) is 24.7 Å². The van der Waals surface area contributed by atoms with Gasteiger partial charge in [0.05, 0.1) is 0 Å². The molecule has 1 aromatic heterocycles. The van der Waals surface area contributed by atoms with Crippen LogP contribution >= 0.6 is 0 Å². The molecule has 1 heterocycles. The Hall–Kier alpha value is -1.90. The molecule has 17 heavy (non-hydrogen) atoms. The maximum atomic E-state index is 11.4. The van der Waals surface area contributed by atoms with Gasteiger partial charge in [0, 0.05) is 36.8 Å². The Kier molecular flexibility index (Phi) is 2.52.